The Morgan fingerprint density at radius 3 is 2.44 bits per heavy atom. The minimum atomic E-state index is -0.312. The highest BCUT2D eigenvalue weighted by Gasteiger charge is 1.99. The third kappa shape index (κ3) is 5.00. The van der Waals surface area contributed by atoms with Crippen molar-refractivity contribution in [2.75, 3.05) is 0 Å². The lowest BCUT2D eigenvalue weighted by atomic mass is 10.3. The molecule has 51 valence electrons. The third-order valence-electron chi connectivity index (χ3n) is 0.719. The van der Waals surface area contributed by atoms with Gasteiger partial charge in [0.05, 0.1) is 0 Å². The second-order valence-electron chi connectivity index (χ2n) is 1.71. The molecule has 9 heavy (non-hydrogen) atoms. The predicted molar refractivity (Wildman–Crippen MR) is 33.4 cm³/mol. The van der Waals surface area contributed by atoms with Crippen LogP contribution in [0.3, 0.4) is 0 Å². The Morgan fingerprint density at radius 1 is 1.56 bits per heavy atom. The Balaban J connectivity index is 3.39. The fourth-order valence-corrected chi connectivity index (χ4v) is 0.419. The van der Waals surface area contributed by atoms with Crippen molar-refractivity contribution in [1.82, 2.24) is 5.32 Å². The van der Waals surface area contributed by atoms with E-state index in [9.17, 15) is 9.59 Å². The Hall–Kier alpha value is -0.860. The minimum absolute atomic E-state index is 0.252. The number of hydrogen-bond donors (Lipinski definition) is 1. The van der Waals surface area contributed by atoms with Crippen LogP contribution in [0.25, 0.3) is 0 Å². The Labute approximate surface area is 54.4 Å². The summed E-state index contributed by atoms with van der Waals surface area (Å²) >= 11 is 0. The zero-order valence-corrected chi connectivity index (χ0v) is 5.44. The molecule has 0 rings (SSSR count). The van der Waals surface area contributed by atoms with Gasteiger partial charge in [-0.1, -0.05) is 6.92 Å². The molecular formula is C6H10NO2. The predicted octanol–water partition coefficient (Wildman–Crippen LogP) is 0.263. The van der Waals surface area contributed by atoms with Crippen LogP contribution in [0, 0.1) is 6.92 Å². The quantitative estimate of drug-likeness (QED) is 0.580. The van der Waals surface area contributed by atoms with Crippen molar-refractivity contribution in [3.8, 4) is 0 Å². The first-order valence-corrected chi connectivity index (χ1v) is 2.76. The van der Waals surface area contributed by atoms with Gasteiger partial charge < -0.3 is 0 Å². The average molecular weight is 128 g/mol. The van der Waals surface area contributed by atoms with Gasteiger partial charge in [-0.25, -0.2) is 0 Å². The molecule has 0 saturated carbocycles. The topological polar surface area (TPSA) is 46.2 Å². The molecule has 0 aromatic rings. The molecule has 0 aromatic carbocycles. The summed E-state index contributed by atoms with van der Waals surface area (Å²) in [5, 5.41) is 2.13. The van der Waals surface area contributed by atoms with Crippen LogP contribution in [0.4, 0.5) is 0 Å². The monoisotopic (exact) mass is 128 g/mol. The van der Waals surface area contributed by atoms with Gasteiger partial charge in [-0.05, 0) is 6.42 Å². The summed E-state index contributed by atoms with van der Waals surface area (Å²) in [5.41, 5.74) is 0. The highest BCUT2D eigenvalue weighted by molar-refractivity contribution is 5.93. The van der Waals surface area contributed by atoms with Gasteiger partial charge in [0.25, 0.3) is 0 Å². The van der Waals surface area contributed by atoms with Crippen molar-refractivity contribution >= 4 is 11.8 Å². The molecule has 0 unspecified atom stereocenters. The number of carbonyl (C=O) groups excluding carboxylic acids is 2. The van der Waals surface area contributed by atoms with Crippen LogP contribution < -0.4 is 5.32 Å². The molecule has 0 saturated heterocycles. The molecule has 2 amide bonds. The fraction of sp³-hybridized carbons (Fsp3) is 0.500. The number of imide groups is 1. The van der Waals surface area contributed by atoms with Crippen LogP contribution >= 0.6 is 0 Å². The van der Waals surface area contributed by atoms with E-state index >= 15 is 0 Å². The zero-order valence-electron chi connectivity index (χ0n) is 5.44. The van der Waals surface area contributed by atoms with E-state index in [0.717, 1.165) is 0 Å². The number of rotatable bonds is 2. The zero-order chi connectivity index (χ0) is 7.28. The molecule has 0 heterocycles. The molecule has 0 aliphatic rings. The van der Waals surface area contributed by atoms with E-state index in [1.807, 2.05) is 0 Å². The first-order chi connectivity index (χ1) is 4.16. The first-order valence-electron chi connectivity index (χ1n) is 2.76. The van der Waals surface area contributed by atoms with Crippen LogP contribution in [0.15, 0.2) is 0 Å². The van der Waals surface area contributed by atoms with Crippen molar-refractivity contribution in [2.45, 2.75) is 19.8 Å². The van der Waals surface area contributed by atoms with E-state index in [1.54, 1.807) is 0 Å². The second kappa shape index (κ2) is 4.06. The van der Waals surface area contributed by atoms with E-state index in [1.165, 1.54) is 6.92 Å². The van der Waals surface area contributed by atoms with Crippen LogP contribution in [-0.4, -0.2) is 11.8 Å². The van der Waals surface area contributed by atoms with E-state index in [4.69, 9.17) is 0 Å². The van der Waals surface area contributed by atoms with Gasteiger partial charge in [-0.3, -0.25) is 14.9 Å². The van der Waals surface area contributed by atoms with Crippen molar-refractivity contribution < 1.29 is 9.59 Å². The summed E-state index contributed by atoms with van der Waals surface area (Å²) in [6, 6.07) is 0. The normalized spacial score (nSPS) is 8.67. The van der Waals surface area contributed by atoms with E-state index < -0.39 is 0 Å². The Kier molecular flexibility index (Phi) is 3.67. The Morgan fingerprint density at radius 2 is 2.11 bits per heavy atom. The van der Waals surface area contributed by atoms with Crippen molar-refractivity contribution in [2.24, 2.45) is 0 Å². The summed E-state index contributed by atoms with van der Waals surface area (Å²) in [6.45, 7) is 4.77. The molecule has 0 aliphatic carbocycles. The van der Waals surface area contributed by atoms with Crippen molar-refractivity contribution in [1.29, 1.82) is 0 Å². The SMILES string of the molecule is [CH2]CCC(=O)NC(C)=O. The standard InChI is InChI=1S/C6H10NO2/c1-3-4-6(9)7-5(2)8/h1,3-4H2,2H3,(H,7,8,9). The van der Waals surface area contributed by atoms with Gasteiger partial charge in [0, 0.05) is 13.3 Å². The average Bonchev–Trinajstić information content (AvgIpc) is 1.63. The molecule has 0 atom stereocenters. The van der Waals surface area contributed by atoms with Crippen LogP contribution in [0.2, 0.25) is 0 Å². The van der Waals surface area contributed by atoms with E-state index in [-0.39, 0.29) is 11.8 Å². The van der Waals surface area contributed by atoms with Gasteiger partial charge in [-0.15, -0.1) is 0 Å². The molecule has 0 aliphatic heterocycles. The summed E-state index contributed by atoms with van der Waals surface area (Å²) in [7, 11) is 0. The third-order valence-corrected chi connectivity index (χ3v) is 0.719. The molecule has 0 bridgehead atoms. The molecule has 1 N–H and O–H groups in total. The molecule has 0 fully saturated rings. The van der Waals surface area contributed by atoms with Crippen molar-refractivity contribution in [3.05, 3.63) is 6.92 Å². The molecular weight excluding hydrogens is 118 g/mol. The lowest BCUT2D eigenvalue weighted by molar-refractivity contribution is -0.129. The Bertz CT molecular complexity index is 120. The molecule has 3 nitrogen and oxygen atoms in total. The summed E-state index contributed by atoms with van der Waals surface area (Å²) in [6.07, 6.45) is 0.846. The lowest BCUT2D eigenvalue weighted by Crippen LogP contribution is -2.27. The van der Waals surface area contributed by atoms with Crippen LogP contribution in [0.5, 0.6) is 0 Å². The van der Waals surface area contributed by atoms with E-state index in [0.29, 0.717) is 12.8 Å². The number of nitrogens with one attached hydrogen (secondary N) is 1. The summed E-state index contributed by atoms with van der Waals surface area (Å²) in [5.74, 6) is -0.564. The lowest BCUT2D eigenvalue weighted by Gasteiger charge is -1.95. The maximum Gasteiger partial charge on any atom is 0.226 e. The van der Waals surface area contributed by atoms with Gasteiger partial charge in [0.1, 0.15) is 0 Å². The highest BCUT2D eigenvalue weighted by atomic mass is 16.2. The maximum atomic E-state index is 10.5. The smallest absolute Gasteiger partial charge is 0.226 e. The fourth-order valence-electron chi connectivity index (χ4n) is 0.419. The second-order valence-corrected chi connectivity index (χ2v) is 1.71. The first kappa shape index (κ1) is 8.14. The minimum Gasteiger partial charge on any atom is -0.297 e. The number of hydrogen-bond acceptors (Lipinski definition) is 2. The van der Waals surface area contributed by atoms with Crippen LogP contribution in [-0.2, 0) is 9.59 Å². The van der Waals surface area contributed by atoms with Gasteiger partial charge >= 0.3 is 0 Å². The molecule has 0 aromatic heterocycles. The van der Waals surface area contributed by atoms with Gasteiger partial charge in [0.2, 0.25) is 11.8 Å². The van der Waals surface area contributed by atoms with Crippen molar-refractivity contribution in [3.63, 3.8) is 0 Å². The largest absolute Gasteiger partial charge is 0.297 e. The summed E-state index contributed by atoms with van der Waals surface area (Å²) in [4.78, 5) is 20.7. The number of carbonyl (C=O) groups is 2. The highest BCUT2D eigenvalue weighted by Crippen LogP contribution is 1.83. The number of amides is 2. The van der Waals surface area contributed by atoms with Gasteiger partial charge in [0.15, 0.2) is 0 Å². The molecule has 1 radical (unpaired) electrons. The van der Waals surface area contributed by atoms with E-state index in [2.05, 4.69) is 12.2 Å². The molecule has 3 heteroatoms. The molecule has 0 spiro atoms. The maximum absolute atomic E-state index is 10.5. The van der Waals surface area contributed by atoms with Gasteiger partial charge in [-0.2, -0.15) is 0 Å². The summed E-state index contributed by atoms with van der Waals surface area (Å²) < 4.78 is 0. The van der Waals surface area contributed by atoms with Crippen LogP contribution in [0.1, 0.15) is 19.8 Å².